The second kappa shape index (κ2) is 4.86. The molecule has 0 aliphatic heterocycles. The Balaban J connectivity index is 2.39. The van der Waals surface area contributed by atoms with Gasteiger partial charge in [-0.2, -0.15) is 0 Å². The predicted octanol–water partition coefficient (Wildman–Crippen LogP) is 2.81. The monoisotopic (exact) mass is 242 g/mol. The molecule has 3 heteroatoms. The number of benzene rings is 1. The van der Waals surface area contributed by atoms with Gasteiger partial charge in [0.15, 0.2) is 5.78 Å². The Morgan fingerprint density at radius 1 is 1.33 bits per heavy atom. The fourth-order valence-corrected chi connectivity index (χ4v) is 2.10. The maximum atomic E-state index is 12.4. The van der Waals surface area contributed by atoms with Gasteiger partial charge in [-0.25, -0.2) is 0 Å². The van der Waals surface area contributed by atoms with Gasteiger partial charge in [0.1, 0.15) is 0 Å². The minimum Gasteiger partial charge on any atom is -0.305 e. The van der Waals surface area contributed by atoms with Gasteiger partial charge in [-0.15, -0.1) is 0 Å². The highest BCUT2D eigenvalue weighted by Crippen LogP contribution is 2.18. The standard InChI is InChI=1S/C15H18N2O/c1-4-17-15(2,3)14(18)12-7-8-13-11(10-12)6-5-9-16-13/h5-10,17H,4H2,1-3H3. The number of ketones is 1. The fourth-order valence-electron chi connectivity index (χ4n) is 2.10. The van der Waals surface area contributed by atoms with Crippen molar-refractivity contribution in [3.05, 3.63) is 42.1 Å². The van der Waals surface area contributed by atoms with Crippen molar-refractivity contribution in [1.29, 1.82) is 0 Å². The van der Waals surface area contributed by atoms with Crippen LogP contribution < -0.4 is 5.32 Å². The minimum absolute atomic E-state index is 0.107. The summed E-state index contributed by atoms with van der Waals surface area (Å²) in [6.07, 6.45) is 1.76. The zero-order valence-electron chi connectivity index (χ0n) is 11.0. The molecule has 18 heavy (non-hydrogen) atoms. The van der Waals surface area contributed by atoms with E-state index in [1.165, 1.54) is 0 Å². The molecule has 1 aromatic heterocycles. The number of rotatable bonds is 4. The lowest BCUT2D eigenvalue weighted by Crippen LogP contribution is -2.46. The molecule has 0 aliphatic carbocycles. The lowest BCUT2D eigenvalue weighted by Gasteiger charge is -2.24. The van der Waals surface area contributed by atoms with Gasteiger partial charge < -0.3 is 5.32 Å². The maximum Gasteiger partial charge on any atom is 0.182 e. The number of nitrogens with one attached hydrogen (secondary N) is 1. The fraction of sp³-hybridized carbons (Fsp3) is 0.333. The lowest BCUT2D eigenvalue weighted by atomic mass is 9.92. The SMILES string of the molecule is CCNC(C)(C)C(=O)c1ccc2ncccc2c1. The van der Waals surface area contributed by atoms with Crippen molar-refractivity contribution >= 4 is 16.7 Å². The summed E-state index contributed by atoms with van der Waals surface area (Å²) in [4.78, 5) is 16.7. The number of Topliss-reactive ketones (excluding diaryl/α,β-unsaturated/α-hetero) is 1. The number of nitrogens with zero attached hydrogens (tertiary/aromatic N) is 1. The van der Waals surface area contributed by atoms with Crippen LogP contribution in [0.4, 0.5) is 0 Å². The molecule has 0 spiro atoms. The number of pyridine rings is 1. The Morgan fingerprint density at radius 3 is 2.83 bits per heavy atom. The highest BCUT2D eigenvalue weighted by atomic mass is 16.1. The van der Waals surface area contributed by atoms with Crippen LogP contribution in [0.2, 0.25) is 0 Å². The summed E-state index contributed by atoms with van der Waals surface area (Å²) < 4.78 is 0. The van der Waals surface area contributed by atoms with E-state index >= 15 is 0 Å². The molecule has 1 N–H and O–H groups in total. The molecule has 1 aromatic carbocycles. The van der Waals surface area contributed by atoms with E-state index in [0.717, 1.165) is 23.0 Å². The van der Waals surface area contributed by atoms with Gasteiger partial charge in [0.2, 0.25) is 0 Å². The zero-order chi connectivity index (χ0) is 13.2. The van der Waals surface area contributed by atoms with Gasteiger partial charge in [0, 0.05) is 17.1 Å². The van der Waals surface area contributed by atoms with Crippen LogP contribution in [0.3, 0.4) is 0 Å². The van der Waals surface area contributed by atoms with Gasteiger partial charge >= 0.3 is 0 Å². The van der Waals surface area contributed by atoms with Crippen LogP contribution in [-0.2, 0) is 0 Å². The molecule has 94 valence electrons. The number of hydrogen-bond donors (Lipinski definition) is 1. The molecule has 3 nitrogen and oxygen atoms in total. The first-order chi connectivity index (χ1) is 8.54. The first-order valence-electron chi connectivity index (χ1n) is 6.19. The van der Waals surface area contributed by atoms with Crippen molar-refractivity contribution in [2.45, 2.75) is 26.3 Å². The van der Waals surface area contributed by atoms with Gasteiger partial charge in [-0.05, 0) is 44.7 Å². The van der Waals surface area contributed by atoms with Crippen LogP contribution >= 0.6 is 0 Å². The highest BCUT2D eigenvalue weighted by molar-refractivity contribution is 6.04. The number of likely N-dealkylation sites (N-methyl/N-ethyl adjacent to an activating group) is 1. The molecule has 0 amide bonds. The molecule has 2 aromatic rings. The van der Waals surface area contributed by atoms with E-state index in [4.69, 9.17) is 0 Å². The Kier molecular flexibility index (Phi) is 3.43. The summed E-state index contributed by atoms with van der Waals surface area (Å²) in [5.41, 5.74) is 1.10. The third-order valence-corrected chi connectivity index (χ3v) is 3.05. The molecular formula is C15H18N2O. The zero-order valence-corrected chi connectivity index (χ0v) is 11.0. The van der Waals surface area contributed by atoms with Gasteiger partial charge in [0.25, 0.3) is 0 Å². The Labute approximate surface area is 107 Å². The van der Waals surface area contributed by atoms with Crippen molar-refractivity contribution in [3.8, 4) is 0 Å². The van der Waals surface area contributed by atoms with E-state index in [-0.39, 0.29) is 5.78 Å². The molecular weight excluding hydrogens is 224 g/mol. The summed E-state index contributed by atoms with van der Waals surface area (Å²) in [6.45, 7) is 6.59. The Hall–Kier alpha value is -1.74. The molecule has 0 unspecified atom stereocenters. The number of fused-ring (bicyclic) bond motifs is 1. The molecule has 0 aliphatic rings. The molecule has 0 atom stereocenters. The average molecular weight is 242 g/mol. The topological polar surface area (TPSA) is 42.0 Å². The van der Waals surface area contributed by atoms with Crippen LogP contribution in [0, 0.1) is 0 Å². The van der Waals surface area contributed by atoms with E-state index in [9.17, 15) is 4.79 Å². The van der Waals surface area contributed by atoms with E-state index in [0.29, 0.717) is 0 Å². The number of carbonyl (C=O) groups excluding carboxylic acids is 1. The number of hydrogen-bond acceptors (Lipinski definition) is 3. The van der Waals surface area contributed by atoms with Crippen LogP contribution in [-0.4, -0.2) is 22.9 Å². The predicted molar refractivity (Wildman–Crippen MR) is 73.8 cm³/mol. The molecule has 0 fully saturated rings. The van der Waals surface area contributed by atoms with Gasteiger partial charge in [-0.3, -0.25) is 9.78 Å². The number of carbonyl (C=O) groups is 1. The average Bonchev–Trinajstić information content (AvgIpc) is 2.37. The summed E-state index contributed by atoms with van der Waals surface area (Å²) in [7, 11) is 0. The van der Waals surface area contributed by atoms with E-state index < -0.39 is 5.54 Å². The van der Waals surface area contributed by atoms with Crippen molar-refractivity contribution in [2.75, 3.05) is 6.54 Å². The van der Waals surface area contributed by atoms with Crippen molar-refractivity contribution in [2.24, 2.45) is 0 Å². The molecule has 0 radical (unpaired) electrons. The van der Waals surface area contributed by atoms with Crippen molar-refractivity contribution in [1.82, 2.24) is 10.3 Å². The second-order valence-electron chi connectivity index (χ2n) is 4.90. The van der Waals surface area contributed by atoms with Gasteiger partial charge in [-0.1, -0.05) is 13.0 Å². The first-order valence-corrected chi connectivity index (χ1v) is 6.19. The Morgan fingerprint density at radius 2 is 2.11 bits per heavy atom. The molecule has 1 heterocycles. The minimum atomic E-state index is -0.537. The molecule has 2 rings (SSSR count). The first kappa shape index (κ1) is 12.7. The van der Waals surface area contributed by atoms with Gasteiger partial charge in [0.05, 0.1) is 11.1 Å². The van der Waals surface area contributed by atoms with Crippen LogP contribution in [0.15, 0.2) is 36.5 Å². The van der Waals surface area contributed by atoms with E-state index in [2.05, 4.69) is 10.3 Å². The third-order valence-electron chi connectivity index (χ3n) is 3.05. The van der Waals surface area contributed by atoms with Crippen LogP contribution in [0.5, 0.6) is 0 Å². The maximum absolute atomic E-state index is 12.4. The Bertz CT molecular complexity index is 575. The lowest BCUT2D eigenvalue weighted by molar-refractivity contribution is 0.0884. The largest absolute Gasteiger partial charge is 0.305 e. The molecule has 0 bridgehead atoms. The van der Waals surface area contributed by atoms with Crippen molar-refractivity contribution in [3.63, 3.8) is 0 Å². The molecule has 0 saturated carbocycles. The second-order valence-corrected chi connectivity index (χ2v) is 4.90. The smallest absolute Gasteiger partial charge is 0.182 e. The normalized spacial score (nSPS) is 11.7. The third kappa shape index (κ3) is 2.41. The summed E-state index contributed by atoms with van der Waals surface area (Å²) >= 11 is 0. The van der Waals surface area contributed by atoms with E-state index in [1.807, 2.05) is 51.1 Å². The quantitative estimate of drug-likeness (QED) is 0.838. The van der Waals surface area contributed by atoms with Crippen LogP contribution in [0.25, 0.3) is 10.9 Å². The summed E-state index contributed by atoms with van der Waals surface area (Å²) in [6, 6.07) is 9.50. The summed E-state index contributed by atoms with van der Waals surface area (Å²) in [5, 5.41) is 4.20. The van der Waals surface area contributed by atoms with Crippen molar-refractivity contribution < 1.29 is 4.79 Å². The molecule has 0 saturated heterocycles. The highest BCUT2D eigenvalue weighted by Gasteiger charge is 2.27. The summed E-state index contributed by atoms with van der Waals surface area (Å²) in [5.74, 6) is 0.107. The number of aromatic nitrogens is 1. The van der Waals surface area contributed by atoms with Crippen LogP contribution in [0.1, 0.15) is 31.1 Å². The van der Waals surface area contributed by atoms with E-state index in [1.54, 1.807) is 6.20 Å².